The molecular weight excluding hydrogens is 254 g/mol. The minimum absolute atomic E-state index is 0.0375. The number of aliphatic hydroxyl groups excluding tert-OH is 1. The quantitative estimate of drug-likeness (QED) is 0.860. The van der Waals surface area contributed by atoms with Gasteiger partial charge in [0.25, 0.3) is 5.91 Å². The van der Waals surface area contributed by atoms with Crippen molar-refractivity contribution in [2.45, 2.75) is 31.9 Å². The molecule has 1 saturated carbocycles. The van der Waals surface area contributed by atoms with Crippen molar-refractivity contribution >= 4 is 17.5 Å². The number of rotatable bonds is 5. The third-order valence-electron chi connectivity index (χ3n) is 2.74. The first-order valence-electron chi connectivity index (χ1n) is 5.96. The fourth-order valence-corrected chi connectivity index (χ4v) is 1.78. The van der Waals surface area contributed by atoms with Crippen LogP contribution >= 0.6 is 11.6 Å². The number of aliphatic hydroxyl groups is 1. The summed E-state index contributed by atoms with van der Waals surface area (Å²) in [5, 5.41) is 12.6. The summed E-state index contributed by atoms with van der Waals surface area (Å²) in [5.41, 5.74) is 0.717. The van der Waals surface area contributed by atoms with Gasteiger partial charge in [-0.1, -0.05) is 17.7 Å². The zero-order valence-electron chi connectivity index (χ0n) is 10.1. The third-order valence-corrected chi connectivity index (χ3v) is 3.03. The Morgan fingerprint density at radius 2 is 2.33 bits per heavy atom. The first-order valence-corrected chi connectivity index (χ1v) is 6.33. The van der Waals surface area contributed by atoms with Crippen LogP contribution in [0.5, 0.6) is 5.75 Å². The summed E-state index contributed by atoms with van der Waals surface area (Å²) < 4.78 is 5.34. The van der Waals surface area contributed by atoms with Crippen molar-refractivity contribution in [3.63, 3.8) is 0 Å². The number of amides is 1. The van der Waals surface area contributed by atoms with E-state index in [0.717, 1.165) is 18.4 Å². The summed E-state index contributed by atoms with van der Waals surface area (Å²) in [7, 11) is 0. The van der Waals surface area contributed by atoms with Gasteiger partial charge >= 0.3 is 0 Å². The molecular formula is C13H16ClNO3. The summed E-state index contributed by atoms with van der Waals surface area (Å²) in [6, 6.07) is 5.36. The molecule has 1 aliphatic carbocycles. The van der Waals surface area contributed by atoms with Crippen molar-refractivity contribution in [3.8, 4) is 5.75 Å². The van der Waals surface area contributed by atoms with Gasteiger partial charge in [-0.25, -0.2) is 0 Å². The van der Waals surface area contributed by atoms with Gasteiger partial charge in [-0.3, -0.25) is 4.79 Å². The second kappa shape index (κ2) is 5.59. The van der Waals surface area contributed by atoms with Gasteiger partial charge < -0.3 is 15.2 Å². The standard InChI is InChI=1S/C13H16ClNO3/c1-8(16)9-2-5-12(11(14)6-9)18-7-13(17)15-10-3-4-10/h2,5-6,8,10,16H,3-4,7H2,1H3,(H,15,17)/t8-/m1/s1. The fourth-order valence-electron chi connectivity index (χ4n) is 1.53. The molecule has 0 unspecified atom stereocenters. The van der Waals surface area contributed by atoms with Gasteiger partial charge in [0.15, 0.2) is 6.61 Å². The molecule has 1 atom stereocenters. The number of hydrogen-bond acceptors (Lipinski definition) is 3. The average molecular weight is 270 g/mol. The van der Waals surface area contributed by atoms with Crippen LogP contribution in [0.4, 0.5) is 0 Å². The van der Waals surface area contributed by atoms with Crippen molar-refractivity contribution in [1.82, 2.24) is 5.32 Å². The average Bonchev–Trinajstić information content (AvgIpc) is 3.11. The monoisotopic (exact) mass is 269 g/mol. The van der Waals surface area contributed by atoms with Crippen LogP contribution in [0.15, 0.2) is 18.2 Å². The van der Waals surface area contributed by atoms with Gasteiger partial charge in [0.2, 0.25) is 0 Å². The van der Waals surface area contributed by atoms with Crippen LogP contribution in [0.1, 0.15) is 31.4 Å². The van der Waals surface area contributed by atoms with E-state index in [2.05, 4.69) is 5.32 Å². The van der Waals surface area contributed by atoms with Crippen molar-refractivity contribution in [3.05, 3.63) is 28.8 Å². The Hall–Kier alpha value is -1.26. The SMILES string of the molecule is C[C@@H](O)c1ccc(OCC(=O)NC2CC2)c(Cl)c1. The zero-order valence-corrected chi connectivity index (χ0v) is 10.9. The van der Waals surface area contributed by atoms with Gasteiger partial charge in [-0.05, 0) is 37.5 Å². The highest BCUT2D eigenvalue weighted by Gasteiger charge is 2.23. The molecule has 0 aliphatic heterocycles. The molecule has 0 spiro atoms. The van der Waals surface area contributed by atoms with E-state index in [-0.39, 0.29) is 12.5 Å². The van der Waals surface area contributed by atoms with Gasteiger partial charge in [0, 0.05) is 6.04 Å². The number of halogens is 1. The largest absolute Gasteiger partial charge is 0.482 e. The van der Waals surface area contributed by atoms with Crippen LogP contribution in [0.2, 0.25) is 5.02 Å². The Labute approximate surface area is 111 Å². The van der Waals surface area contributed by atoms with Crippen LogP contribution in [-0.2, 0) is 4.79 Å². The number of nitrogens with one attached hydrogen (secondary N) is 1. The van der Waals surface area contributed by atoms with Crippen LogP contribution in [0.25, 0.3) is 0 Å². The molecule has 1 amide bonds. The molecule has 2 rings (SSSR count). The minimum atomic E-state index is -0.574. The first kappa shape index (κ1) is 13.2. The van der Waals surface area contributed by atoms with E-state index in [4.69, 9.17) is 16.3 Å². The lowest BCUT2D eigenvalue weighted by atomic mass is 10.1. The molecule has 0 saturated heterocycles. The molecule has 1 aliphatic rings. The van der Waals surface area contributed by atoms with Crippen LogP contribution in [0, 0.1) is 0 Å². The molecule has 98 valence electrons. The summed E-state index contributed by atoms with van der Waals surface area (Å²) in [5.74, 6) is 0.320. The molecule has 18 heavy (non-hydrogen) atoms. The summed E-state index contributed by atoms with van der Waals surface area (Å²) in [4.78, 5) is 11.4. The van der Waals surface area contributed by atoms with Crippen LogP contribution in [0.3, 0.4) is 0 Å². The van der Waals surface area contributed by atoms with Gasteiger partial charge in [-0.2, -0.15) is 0 Å². The van der Waals surface area contributed by atoms with E-state index >= 15 is 0 Å². The molecule has 1 fully saturated rings. The Bertz CT molecular complexity index is 444. The van der Waals surface area contributed by atoms with Crippen molar-refractivity contribution in [1.29, 1.82) is 0 Å². The maximum absolute atomic E-state index is 11.4. The normalized spacial score (nSPS) is 16.2. The van der Waals surface area contributed by atoms with Gasteiger partial charge in [0.1, 0.15) is 5.75 Å². The van der Waals surface area contributed by atoms with E-state index in [1.54, 1.807) is 25.1 Å². The molecule has 2 N–H and O–H groups in total. The smallest absolute Gasteiger partial charge is 0.258 e. The topological polar surface area (TPSA) is 58.6 Å². The first-order chi connectivity index (χ1) is 8.56. The van der Waals surface area contributed by atoms with E-state index in [1.807, 2.05) is 0 Å². The van der Waals surface area contributed by atoms with Crippen LogP contribution < -0.4 is 10.1 Å². The maximum Gasteiger partial charge on any atom is 0.258 e. The molecule has 1 aromatic carbocycles. The Morgan fingerprint density at radius 3 is 2.89 bits per heavy atom. The second-order valence-electron chi connectivity index (χ2n) is 4.50. The Balaban J connectivity index is 1.90. The van der Waals surface area contributed by atoms with Gasteiger partial charge in [0.05, 0.1) is 11.1 Å². The number of hydrogen-bond donors (Lipinski definition) is 2. The van der Waals surface area contributed by atoms with E-state index in [9.17, 15) is 9.90 Å². The molecule has 0 aromatic heterocycles. The fraction of sp³-hybridized carbons (Fsp3) is 0.462. The summed E-state index contributed by atoms with van der Waals surface area (Å²) in [6.45, 7) is 1.62. The van der Waals surface area contributed by atoms with Crippen molar-refractivity contribution < 1.29 is 14.6 Å². The third kappa shape index (κ3) is 3.62. The number of carbonyl (C=O) groups is 1. The minimum Gasteiger partial charge on any atom is -0.482 e. The van der Waals surface area contributed by atoms with Crippen molar-refractivity contribution in [2.24, 2.45) is 0 Å². The predicted molar refractivity (Wildman–Crippen MR) is 68.7 cm³/mol. The Kier molecular flexibility index (Phi) is 4.09. The lowest BCUT2D eigenvalue weighted by molar-refractivity contribution is -0.123. The molecule has 0 radical (unpaired) electrons. The highest BCUT2D eigenvalue weighted by atomic mass is 35.5. The predicted octanol–water partition coefficient (Wildman–Crippen LogP) is 2.05. The molecule has 5 heteroatoms. The number of benzene rings is 1. The second-order valence-corrected chi connectivity index (χ2v) is 4.90. The summed E-state index contributed by atoms with van der Waals surface area (Å²) in [6.07, 6.45) is 1.53. The summed E-state index contributed by atoms with van der Waals surface area (Å²) >= 11 is 6.01. The maximum atomic E-state index is 11.4. The molecule has 0 bridgehead atoms. The van der Waals surface area contributed by atoms with Crippen LogP contribution in [-0.4, -0.2) is 23.7 Å². The number of ether oxygens (including phenoxy) is 1. The lowest BCUT2D eigenvalue weighted by Gasteiger charge is -2.10. The van der Waals surface area contributed by atoms with Crippen molar-refractivity contribution in [2.75, 3.05) is 6.61 Å². The van der Waals surface area contributed by atoms with Gasteiger partial charge in [-0.15, -0.1) is 0 Å². The molecule has 4 nitrogen and oxygen atoms in total. The lowest BCUT2D eigenvalue weighted by Crippen LogP contribution is -2.30. The van der Waals surface area contributed by atoms with E-state index < -0.39 is 6.10 Å². The highest BCUT2D eigenvalue weighted by molar-refractivity contribution is 6.32. The zero-order chi connectivity index (χ0) is 13.1. The van der Waals surface area contributed by atoms with E-state index in [0.29, 0.717) is 16.8 Å². The molecule has 1 aromatic rings. The van der Waals surface area contributed by atoms with E-state index in [1.165, 1.54) is 0 Å². The molecule has 0 heterocycles. The highest BCUT2D eigenvalue weighted by Crippen LogP contribution is 2.27. The Morgan fingerprint density at radius 1 is 1.61 bits per heavy atom. The number of carbonyl (C=O) groups excluding carboxylic acids is 1.